The van der Waals surface area contributed by atoms with Gasteiger partial charge in [0.25, 0.3) is 5.91 Å². The molecule has 1 aliphatic rings. The highest BCUT2D eigenvalue weighted by atomic mass is 32.2. The summed E-state index contributed by atoms with van der Waals surface area (Å²) in [5.41, 5.74) is 6.02. The molecule has 2 N–H and O–H groups in total. The normalized spacial score (nSPS) is 12.1. The van der Waals surface area contributed by atoms with Crippen LogP contribution in [0.25, 0.3) is 5.57 Å². The number of fused-ring (bicyclic) bond motifs is 2. The second-order valence-corrected chi connectivity index (χ2v) is 7.32. The summed E-state index contributed by atoms with van der Waals surface area (Å²) in [6, 6.07) is 24.5. The zero-order chi connectivity index (χ0) is 18.8. The first-order valence-corrected chi connectivity index (χ1v) is 9.35. The largest absolute Gasteiger partial charge is 0.335 e. The lowest BCUT2D eigenvalue weighted by Crippen LogP contribution is -2.20. The highest BCUT2D eigenvalue weighted by Crippen LogP contribution is 2.48. The van der Waals surface area contributed by atoms with Crippen molar-refractivity contribution in [2.24, 2.45) is 0 Å². The van der Waals surface area contributed by atoms with Crippen LogP contribution in [0.4, 0.5) is 11.4 Å². The Morgan fingerprint density at radius 3 is 2.04 bits per heavy atom. The Labute approximate surface area is 162 Å². The molecule has 134 valence electrons. The van der Waals surface area contributed by atoms with Crippen molar-refractivity contribution in [1.82, 2.24) is 5.48 Å². The van der Waals surface area contributed by atoms with Crippen LogP contribution in [0.15, 0.2) is 89.2 Å². The summed E-state index contributed by atoms with van der Waals surface area (Å²) >= 11 is 1.79. The van der Waals surface area contributed by atoms with Crippen LogP contribution in [0.5, 0.6) is 0 Å². The fourth-order valence-electron chi connectivity index (χ4n) is 3.14. The minimum Gasteiger partial charge on any atom is -0.335 e. The Morgan fingerprint density at radius 1 is 0.926 bits per heavy atom. The van der Waals surface area contributed by atoms with E-state index in [1.54, 1.807) is 17.2 Å². The number of carbonyl (C=O) groups is 1. The van der Waals surface area contributed by atoms with Crippen LogP contribution in [-0.4, -0.2) is 11.1 Å². The summed E-state index contributed by atoms with van der Waals surface area (Å²) in [6.07, 6.45) is 0. The quantitative estimate of drug-likeness (QED) is 0.383. The Morgan fingerprint density at radius 2 is 1.48 bits per heavy atom. The zero-order valence-corrected chi connectivity index (χ0v) is 15.4. The number of para-hydroxylation sites is 2. The predicted molar refractivity (Wildman–Crippen MR) is 108 cm³/mol. The van der Waals surface area contributed by atoms with E-state index in [2.05, 4.69) is 60.0 Å². The van der Waals surface area contributed by atoms with Crippen molar-refractivity contribution in [2.45, 2.75) is 16.3 Å². The number of benzene rings is 3. The standard InChI is InChI=1S/C22H18N2O2S/c1-15(22(25)23-26)17-12-10-16(11-13-17)14-24-18-6-2-4-8-20(18)27-21-9-5-3-7-19(21)24/h2-13,26H,1,14H2,(H,23,25). The van der Waals surface area contributed by atoms with Gasteiger partial charge in [0.1, 0.15) is 0 Å². The zero-order valence-electron chi connectivity index (χ0n) is 14.6. The summed E-state index contributed by atoms with van der Waals surface area (Å²) in [6.45, 7) is 4.43. The molecule has 0 radical (unpaired) electrons. The molecule has 0 saturated heterocycles. The van der Waals surface area contributed by atoms with E-state index in [1.165, 1.54) is 21.2 Å². The maximum absolute atomic E-state index is 11.5. The van der Waals surface area contributed by atoms with Crippen LogP contribution in [0, 0.1) is 0 Å². The molecule has 3 aromatic carbocycles. The molecule has 3 aromatic rings. The van der Waals surface area contributed by atoms with Gasteiger partial charge in [-0.2, -0.15) is 0 Å². The predicted octanol–water partition coefficient (Wildman–Crippen LogP) is 5.01. The molecule has 4 rings (SSSR count). The minimum atomic E-state index is -0.598. The van der Waals surface area contributed by atoms with Crippen molar-refractivity contribution in [2.75, 3.05) is 4.90 Å². The highest BCUT2D eigenvalue weighted by molar-refractivity contribution is 7.99. The number of hydrogen-bond acceptors (Lipinski definition) is 4. The van der Waals surface area contributed by atoms with Gasteiger partial charge in [-0.15, -0.1) is 0 Å². The van der Waals surface area contributed by atoms with Crippen LogP contribution in [0.1, 0.15) is 11.1 Å². The monoisotopic (exact) mass is 374 g/mol. The number of amides is 1. The molecule has 0 saturated carbocycles. The summed E-state index contributed by atoms with van der Waals surface area (Å²) in [5, 5.41) is 8.75. The van der Waals surface area contributed by atoms with E-state index in [-0.39, 0.29) is 5.57 Å². The van der Waals surface area contributed by atoms with E-state index < -0.39 is 5.91 Å². The number of rotatable bonds is 4. The first kappa shape index (κ1) is 17.4. The van der Waals surface area contributed by atoms with E-state index in [9.17, 15) is 4.79 Å². The Hall–Kier alpha value is -3.02. The maximum atomic E-state index is 11.5. The van der Waals surface area contributed by atoms with E-state index >= 15 is 0 Å². The van der Waals surface area contributed by atoms with Crippen molar-refractivity contribution < 1.29 is 10.0 Å². The van der Waals surface area contributed by atoms with Gasteiger partial charge in [0, 0.05) is 21.9 Å². The van der Waals surface area contributed by atoms with Gasteiger partial charge in [-0.25, -0.2) is 5.48 Å². The molecule has 0 aliphatic carbocycles. The lowest BCUT2D eigenvalue weighted by Gasteiger charge is -2.32. The minimum absolute atomic E-state index is 0.231. The molecule has 1 amide bonds. The molecule has 1 heterocycles. The topological polar surface area (TPSA) is 52.6 Å². The third-order valence-electron chi connectivity index (χ3n) is 4.55. The van der Waals surface area contributed by atoms with Gasteiger partial charge in [-0.1, -0.05) is 66.9 Å². The van der Waals surface area contributed by atoms with E-state index in [0.717, 1.165) is 5.56 Å². The molecular weight excluding hydrogens is 356 g/mol. The van der Waals surface area contributed by atoms with Crippen molar-refractivity contribution >= 4 is 34.6 Å². The van der Waals surface area contributed by atoms with E-state index in [1.807, 2.05) is 24.3 Å². The third-order valence-corrected chi connectivity index (χ3v) is 5.68. The molecule has 5 heteroatoms. The van der Waals surface area contributed by atoms with Crippen LogP contribution in [0.3, 0.4) is 0 Å². The van der Waals surface area contributed by atoms with Crippen LogP contribution < -0.4 is 10.4 Å². The van der Waals surface area contributed by atoms with Crippen molar-refractivity contribution in [3.05, 3.63) is 90.5 Å². The second-order valence-electron chi connectivity index (χ2n) is 6.24. The molecule has 0 aromatic heterocycles. The first-order valence-electron chi connectivity index (χ1n) is 8.53. The number of nitrogens with zero attached hydrogens (tertiary/aromatic N) is 1. The van der Waals surface area contributed by atoms with Gasteiger partial charge < -0.3 is 4.90 Å². The van der Waals surface area contributed by atoms with Gasteiger partial charge in [0.2, 0.25) is 0 Å². The average Bonchev–Trinajstić information content (AvgIpc) is 2.73. The molecule has 1 aliphatic heterocycles. The van der Waals surface area contributed by atoms with Crippen LogP contribution in [-0.2, 0) is 11.3 Å². The first-order chi connectivity index (χ1) is 13.2. The summed E-state index contributed by atoms with van der Waals surface area (Å²) in [4.78, 5) is 16.3. The number of hydrogen-bond donors (Lipinski definition) is 2. The molecule has 0 unspecified atom stereocenters. The highest BCUT2D eigenvalue weighted by Gasteiger charge is 2.22. The van der Waals surface area contributed by atoms with Gasteiger partial charge in [0.05, 0.1) is 11.4 Å². The molecule has 0 atom stereocenters. The van der Waals surface area contributed by atoms with E-state index in [0.29, 0.717) is 12.1 Å². The number of hydroxylamine groups is 1. The number of anilines is 2. The lowest BCUT2D eigenvalue weighted by molar-refractivity contribution is -0.123. The average molecular weight is 374 g/mol. The third kappa shape index (κ3) is 3.35. The van der Waals surface area contributed by atoms with E-state index in [4.69, 9.17) is 5.21 Å². The van der Waals surface area contributed by atoms with Crippen molar-refractivity contribution in [3.63, 3.8) is 0 Å². The molecule has 0 fully saturated rings. The lowest BCUT2D eigenvalue weighted by atomic mass is 10.0. The van der Waals surface area contributed by atoms with Gasteiger partial charge >= 0.3 is 0 Å². The van der Waals surface area contributed by atoms with Crippen LogP contribution >= 0.6 is 11.8 Å². The fourth-order valence-corrected chi connectivity index (χ4v) is 4.24. The molecule has 0 spiro atoms. The molecule has 4 nitrogen and oxygen atoms in total. The van der Waals surface area contributed by atoms with Crippen molar-refractivity contribution in [1.29, 1.82) is 0 Å². The molecule has 0 bridgehead atoms. The summed E-state index contributed by atoms with van der Waals surface area (Å²) in [7, 11) is 0. The Kier molecular flexibility index (Phi) is 4.71. The van der Waals surface area contributed by atoms with Crippen LogP contribution in [0.2, 0.25) is 0 Å². The summed E-state index contributed by atoms with van der Waals surface area (Å²) < 4.78 is 0. The van der Waals surface area contributed by atoms with Gasteiger partial charge in [-0.3, -0.25) is 10.0 Å². The Bertz CT molecular complexity index is 969. The molecular formula is C22H18N2O2S. The van der Waals surface area contributed by atoms with Gasteiger partial charge in [0.15, 0.2) is 0 Å². The smallest absolute Gasteiger partial charge is 0.274 e. The SMILES string of the molecule is C=C(C(=O)NO)c1ccc(CN2c3ccccc3Sc3ccccc32)cc1. The Balaban J connectivity index is 1.65. The molecule has 27 heavy (non-hydrogen) atoms. The van der Waals surface area contributed by atoms with Gasteiger partial charge in [-0.05, 0) is 35.4 Å². The van der Waals surface area contributed by atoms with Crippen molar-refractivity contribution in [3.8, 4) is 0 Å². The fraction of sp³-hybridized carbons (Fsp3) is 0.0455. The number of nitrogens with one attached hydrogen (secondary N) is 1. The number of carbonyl (C=O) groups excluding carboxylic acids is 1. The summed E-state index contributed by atoms with van der Waals surface area (Å²) in [5.74, 6) is -0.598. The maximum Gasteiger partial charge on any atom is 0.274 e. The second kappa shape index (κ2) is 7.31.